The van der Waals surface area contributed by atoms with E-state index in [0.29, 0.717) is 39.4 Å². The zero-order valence-electron chi connectivity index (χ0n) is 17.6. The molecule has 160 valence electrons. The number of nitrogens with one attached hydrogen (secondary N) is 2. The molecule has 0 aliphatic carbocycles. The number of ether oxygens (including phenoxy) is 2. The molecule has 1 amide bonds. The van der Waals surface area contributed by atoms with Crippen molar-refractivity contribution in [2.24, 2.45) is 0 Å². The van der Waals surface area contributed by atoms with Gasteiger partial charge in [0.25, 0.3) is 5.91 Å². The number of benzene rings is 2. The third kappa shape index (κ3) is 3.82. The maximum Gasteiger partial charge on any atom is 0.255 e. The van der Waals surface area contributed by atoms with Crippen LogP contribution in [0.1, 0.15) is 24.1 Å². The molecule has 9 heteroatoms. The van der Waals surface area contributed by atoms with Crippen LogP contribution in [0.25, 0.3) is 0 Å². The number of carbonyl (C=O) groups excluding carboxylic acids is 1. The molecule has 3 aromatic rings. The molecule has 0 saturated carbocycles. The van der Waals surface area contributed by atoms with Crippen LogP contribution < -0.4 is 20.1 Å². The number of amides is 1. The molecule has 4 rings (SSSR count). The molecule has 2 heterocycles. The molecule has 1 atom stereocenters. The Morgan fingerprint density at radius 1 is 1.13 bits per heavy atom. The van der Waals surface area contributed by atoms with Gasteiger partial charge in [0.2, 0.25) is 5.95 Å². The van der Waals surface area contributed by atoms with Gasteiger partial charge in [-0.3, -0.25) is 4.79 Å². The van der Waals surface area contributed by atoms with E-state index >= 15 is 0 Å². The van der Waals surface area contributed by atoms with Crippen molar-refractivity contribution in [3.8, 4) is 11.5 Å². The second kappa shape index (κ2) is 8.31. The summed E-state index contributed by atoms with van der Waals surface area (Å²) in [5.41, 5.74) is 3.69. The van der Waals surface area contributed by atoms with Crippen molar-refractivity contribution in [1.29, 1.82) is 0 Å². The standard InChI is InChI=1S/C22H22ClN5O3/c1-12-5-7-14(8-6-12)20-19(13(2)26-22-24-11-25-28(20)22)21(29)27-16-10-17(30-3)15(23)9-18(16)31-4/h5-11,20H,1-4H3,(H,27,29)(H,24,25,26)/t20-/m1/s1. The van der Waals surface area contributed by atoms with Gasteiger partial charge >= 0.3 is 0 Å². The lowest BCUT2D eigenvalue weighted by Gasteiger charge is -2.29. The maximum atomic E-state index is 13.5. The summed E-state index contributed by atoms with van der Waals surface area (Å²) in [7, 11) is 3.02. The Hall–Kier alpha value is -3.52. The quantitative estimate of drug-likeness (QED) is 0.619. The SMILES string of the molecule is COc1cc(NC(=O)C2=C(C)Nc3ncnn3[C@@H]2c2ccc(C)cc2)c(OC)cc1Cl. The number of nitrogens with zero attached hydrogens (tertiary/aromatic N) is 3. The maximum absolute atomic E-state index is 13.5. The van der Waals surface area contributed by atoms with Gasteiger partial charge in [-0.05, 0) is 19.4 Å². The van der Waals surface area contributed by atoms with Crippen LogP contribution in [0.15, 0.2) is 54.0 Å². The van der Waals surface area contributed by atoms with Gasteiger partial charge in [-0.25, -0.2) is 4.68 Å². The van der Waals surface area contributed by atoms with E-state index in [-0.39, 0.29) is 5.91 Å². The van der Waals surface area contributed by atoms with Crippen molar-refractivity contribution in [3.05, 3.63) is 70.1 Å². The number of methoxy groups -OCH3 is 2. The molecule has 2 N–H and O–H groups in total. The minimum atomic E-state index is -0.445. The van der Waals surface area contributed by atoms with Gasteiger partial charge in [0.1, 0.15) is 23.9 Å². The molecule has 0 saturated heterocycles. The highest BCUT2D eigenvalue weighted by atomic mass is 35.5. The van der Waals surface area contributed by atoms with Crippen LogP contribution >= 0.6 is 11.6 Å². The number of anilines is 2. The average molecular weight is 440 g/mol. The third-order valence-corrected chi connectivity index (χ3v) is 5.45. The summed E-state index contributed by atoms with van der Waals surface area (Å²) >= 11 is 6.19. The van der Waals surface area contributed by atoms with E-state index in [0.717, 1.165) is 11.1 Å². The highest BCUT2D eigenvalue weighted by molar-refractivity contribution is 6.32. The molecule has 0 unspecified atom stereocenters. The summed E-state index contributed by atoms with van der Waals surface area (Å²) in [6.45, 7) is 3.86. The minimum Gasteiger partial charge on any atom is -0.495 e. The molecule has 1 aromatic heterocycles. The zero-order chi connectivity index (χ0) is 22.1. The van der Waals surface area contributed by atoms with E-state index in [9.17, 15) is 4.79 Å². The molecule has 8 nitrogen and oxygen atoms in total. The van der Waals surface area contributed by atoms with E-state index in [1.807, 2.05) is 38.1 Å². The number of halogens is 1. The third-order valence-electron chi connectivity index (χ3n) is 5.15. The fraction of sp³-hybridized carbons (Fsp3) is 0.227. The Morgan fingerprint density at radius 3 is 2.52 bits per heavy atom. The van der Waals surface area contributed by atoms with Gasteiger partial charge in [0.15, 0.2) is 0 Å². The van der Waals surface area contributed by atoms with Gasteiger partial charge in [0.05, 0.1) is 30.5 Å². The first-order chi connectivity index (χ1) is 14.9. The second-order valence-corrected chi connectivity index (χ2v) is 7.55. The van der Waals surface area contributed by atoms with Crippen molar-refractivity contribution >= 4 is 29.1 Å². The van der Waals surface area contributed by atoms with Crippen molar-refractivity contribution < 1.29 is 14.3 Å². The van der Waals surface area contributed by atoms with Crippen LogP contribution in [-0.2, 0) is 4.79 Å². The Kier molecular flexibility index (Phi) is 5.56. The topological polar surface area (TPSA) is 90.3 Å². The predicted molar refractivity (Wildman–Crippen MR) is 119 cm³/mol. The highest BCUT2D eigenvalue weighted by Gasteiger charge is 2.33. The Balaban J connectivity index is 1.76. The fourth-order valence-electron chi connectivity index (χ4n) is 3.59. The predicted octanol–water partition coefficient (Wildman–Crippen LogP) is 4.18. The van der Waals surface area contributed by atoms with E-state index in [1.165, 1.54) is 20.5 Å². The van der Waals surface area contributed by atoms with Gasteiger partial charge in [-0.1, -0.05) is 41.4 Å². The lowest BCUT2D eigenvalue weighted by molar-refractivity contribution is -0.113. The highest BCUT2D eigenvalue weighted by Crippen LogP contribution is 2.38. The molecule has 1 aliphatic rings. The number of hydrogen-bond donors (Lipinski definition) is 2. The summed E-state index contributed by atoms with van der Waals surface area (Å²) in [5.74, 6) is 1.12. The second-order valence-electron chi connectivity index (χ2n) is 7.15. The average Bonchev–Trinajstić information content (AvgIpc) is 3.22. The van der Waals surface area contributed by atoms with Gasteiger partial charge in [-0.15, -0.1) is 0 Å². The number of hydrogen-bond acceptors (Lipinski definition) is 6. The van der Waals surface area contributed by atoms with Crippen molar-refractivity contribution in [3.63, 3.8) is 0 Å². The molecular weight excluding hydrogens is 418 g/mol. The Labute approximate surface area is 184 Å². The van der Waals surface area contributed by atoms with Crippen LogP contribution in [-0.4, -0.2) is 34.9 Å². The van der Waals surface area contributed by atoms with Crippen molar-refractivity contribution in [2.45, 2.75) is 19.9 Å². The molecular formula is C22H22ClN5O3. The first-order valence-corrected chi connectivity index (χ1v) is 9.97. The van der Waals surface area contributed by atoms with Gasteiger partial charge in [0, 0.05) is 17.8 Å². The Bertz CT molecular complexity index is 1170. The number of fused-ring (bicyclic) bond motifs is 1. The molecule has 1 aliphatic heterocycles. The minimum absolute atomic E-state index is 0.306. The van der Waals surface area contributed by atoms with E-state index in [4.69, 9.17) is 21.1 Å². The monoisotopic (exact) mass is 439 g/mol. The van der Waals surface area contributed by atoms with Crippen LogP contribution in [0.5, 0.6) is 11.5 Å². The van der Waals surface area contributed by atoms with Crippen molar-refractivity contribution in [1.82, 2.24) is 14.8 Å². The van der Waals surface area contributed by atoms with E-state index < -0.39 is 6.04 Å². The molecule has 0 fully saturated rings. The van der Waals surface area contributed by atoms with Crippen LogP contribution in [0.3, 0.4) is 0 Å². The summed E-state index contributed by atoms with van der Waals surface area (Å²) in [5, 5.41) is 10.8. The summed E-state index contributed by atoms with van der Waals surface area (Å²) in [6.07, 6.45) is 1.46. The molecule has 31 heavy (non-hydrogen) atoms. The smallest absolute Gasteiger partial charge is 0.255 e. The number of aromatic nitrogens is 3. The lowest BCUT2D eigenvalue weighted by Crippen LogP contribution is -2.31. The number of allylic oxidation sites excluding steroid dienone is 1. The van der Waals surface area contributed by atoms with Crippen LogP contribution in [0.2, 0.25) is 5.02 Å². The summed E-state index contributed by atoms with van der Waals surface area (Å²) in [4.78, 5) is 17.8. The summed E-state index contributed by atoms with van der Waals surface area (Å²) < 4.78 is 12.4. The first kappa shape index (κ1) is 20.7. The van der Waals surface area contributed by atoms with Crippen LogP contribution in [0, 0.1) is 6.92 Å². The zero-order valence-corrected chi connectivity index (χ0v) is 18.3. The number of rotatable bonds is 5. The largest absolute Gasteiger partial charge is 0.495 e. The number of aryl methyl sites for hydroxylation is 1. The Morgan fingerprint density at radius 2 is 1.84 bits per heavy atom. The first-order valence-electron chi connectivity index (χ1n) is 9.59. The normalized spacial score (nSPS) is 15.2. The van der Waals surface area contributed by atoms with E-state index in [2.05, 4.69) is 20.7 Å². The van der Waals surface area contributed by atoms with Gasteiger partial charge in [-0.2, -0.15) is 10.1 Å². The molecule has 0 radical (unpaired) electrons. The van der Waals surface area contributed by atoms with Gasteiger partial charge < -0.3 is 20.1 Å². The lowest BCUT2D eigenvalue weighted by atomic mass is 9.94. The van der Waals surface area contributed by atoms with E-state index in [1.54, 1.807) is 16.8 Å². The number of carbonyl (C=O) groups is 1. The molecule has 0 bridgehead atoms. The van der Waals surface area contributed by atoms with Crippen LogP contribution in [0.4, 0.5) is 11.6 Å². The molecule has 0 spiro atoms. The summed E-state index contributed by atoms with van der Waals surface area (Å²) in [6, 6.07) is 10.8. The van der Waals surface area contributed by atoms with Crippen molar-refractivity contribution in [2.75, 3.05) is 24.9 Å². The fourth-order valence-corrected chi connectivity index (χ4v) is 3.82. The molecule has 2 aromatic carbocycles.